The van der Waals surface area contributed by atoms with Crippen molar-refractivity contribution in [3.8, 4) is 11.5 Å². The van der Waals surface area contributed by atoms with Crippen molar-refractivity contribution in [2.45, 2.75) is 25.6 Å². The SMILES string of the molecule is CCC1(CCCl)Oc2ccccc2O1. The van der Waals surface area contributed by atoms with Crippen LogP contribution in [0.5, 0.6) is 11.5 Å². The van der Waals surface area contributed by atoms with Gasteiger partial charge in [0.25, 0.3) is 5.79 Å². The van der Waals surface area contributed by atoms with Crippen LogP contribution in [-0.4, -0.2) is 11.7 Å². The highest BCUT2D eigenvalue weighted by atomic mass is 35.5. The highest BCUT2D eigenvalue weighted by molar-refractivity contribution is 6.17. The zero-order valence-electron chi connectivity index (χ0n) is 8.13. The fraction of sp³-hybridized carbons (Fsp3) is 0.455. The van der Waals surface area contributed by atoms with Crippen LogP contribution < -0.4 is 9.47 Å². The van der Waals surface area contributed by atoms with Gasteiger partial charge in [-0.25, -0.2) is 0 Å². The van der Waals surface area contributed by atoms with Gasteiger partial charge in [0.05, 0.1) is 0 Å². The van der Waals surface area contributed by atoms with E-state index in [2.05, 4.69) is 0 Å². The van der Waals surface area contributed by atoms with Crippen LogP contribution in [0.3, 0.4) is 0 Å². The lowest BCUT2D eigenvalue weighted by atomic mass is 10.1. The molecule has 76 valence electrons. The standard InChI is InChI=1S/C11H13ClO2/c1-2-11(7-8-12)13-9-5-3-4-6-10(9)14-11/h3-6H,2,7-8H2,1H3. The number of ether oxygens (including phenoxy) is 2. The molecule has 0 atom stereocenters. The van der Waals surface area contributed by atoms with Gasteiger partial charge >= 0.3 is 0 Å². The van der Waals surface area contributed by atoms with Crippen LogP contribution in [-0.2, 0) is 0 Å². The smallest absolute Gasteiger partial charge is 0.252 e. The number of hydrogen-bond donors (Lipinski definition) is 0. The zero-order valence-corrected chi connectivity index (χ0v) is 8.88. The van der Waals surface area contributed by atoms with Crippen molar-refractivity contribution in [3.63, 3.8) is 0 Å². The summed E-state index contributed by atoms with van der Waals surface area (Å²) >= 11 is 5.73. The van der Waals surface area contributed by atoms with E-state index in [1.807, 2.05) is 31.2 Å². The molecule has 0 aromatic heterocycles. The van der Waals surface area contributed by atoms with Crippen LogP contribution >= 0.6 is 11.6 Å². The summed E-state index contributed by atoms with van der Waals surface area (Å²) in [6.07, 6.45) is 1.51. The Morgan fingerprint density at radius 3 is 2.21 bits per heavy atom. The monoisotopic (exact) mass is 212 g/mol. The van der Waals surface area contributed by atoms with E-state index in [0.717, 1.165) is 17.9 Å². The summed E-state index contributed by atoms with van der Waals surface area (Å²) in [5.74, 6) is 1.65. The molecule has 0 saturated carbocycles. The van der Waals surface area contributed by atoms with Gasteiger partial charge < -0.3 is 9.47 Å². The lowest BCUT2D eigenvalue weighted by molar-refractivity contribution is -0.0835. The fourth-order valence-corrected chi connectivity index (χ4v) is 1.90. The number of fused-ring (bicyclic) bond motifs is 1. The van der Waals surface area contributed by atoms with Crippen molar-refractivity contribution in [1.29, 1.82) is 0 Å². The molecule has 0 N–H and O–H groups in total. The third-order valence-corrected chi connectivity index (χ3v) is 2.64. The number of hydrogen-bond acceptors (Lipinski definition) is 2. The Balaban J connectivity index is 2.23. The Morgan fingerprint density at radius 2 is 1.79 bits per heavy atom. The van der Waals surface area contributed by atoms with Gasteiger partial charge in [-0.3, -0.25) is 0 Å². The summed E-state index contributed by atoms with van der Waals surface area (Å²) in [7, 11) is 0. The van der Waals surface area contributed by atoms with E-state index in [1.54, 1.807) is 0 Å². The minimum atomic E-state index is -0.536. The van der Waals surface area contributed by atoms with Crippen LogP contribution in [0.4, 0.5) is 0 Å². The Labute approximate surface area is 88.8 Å². The van der Waals surface area contributed by atoms with E-state index in [1.165, 1.54) is 0 Å². The molecule has 0 saturated heterocycles. The molecule has 1 aromatic rings. The molecule has 2 rings (SSSR count). The van der Waals surface area contributed by atoms with Crippen molar-refractivity contribution < 1.29 is 9.47 Å². The second kappa shape index (κ2) is 3.70. The van der Waals surface area contributed by atoms with Crippen molar-refractivity contribution in [3.05, 3.63) is 24.3 Å². The lowest BCUT2D eigenvalue weighted by Crippen LogP contribution is -2.38. The van der Waals surface area contributed by atoms with Crippen LogP contribution in [0.25, 0.3) is 0 Å². The van der Waals surface area contributed by atoms with E-state index < -0.39 is 5.79 Å². The van der Waals surface area contributed by atoms with Gasteiger partial charge in [0.2, 0.25) is 0 Å². The van der Waals surface area contributed by atoms with E-state index in [0.29, 0.717) is 12.3 Å². The second-order valence-corrected chi connectivity index (χ2v) is 3.73. The highest BCUT2D eigenvalue weighted by Crippen LogP contribution is 2.41. The summed E-state index contributed by atoms with van der Waals surface area (Å²) in [6.45, 7) is 2.04. The predicted octanol–water partition coefficient (Wildman–Crippen LogP) is 3.19. The molecule has 0 fully saturated rings. The highest BCUT2D eigenvalue weighted by Gasteiger charge is 2.38. The van der Waals surface area contributed by atoms with Crippen LogP contribution in [0.15, 0.2) is 24.3 Å². The molecule has 14 heavy (non-hydrogen) atoms. The maximum absolute atomic E-state index is 5.78. The van der Waals surface area contributed by atoms with Gasteiger partial charge in [0.15, 0.2) is 11.5 Å². The Hall–Kier alpha value is -0.890. The van der Waals surface area contributed by atoms with Gasteiger partial charge in [-0.05, 0) is 12.1 Å². The summed E-state index contributed by atoms with van der Waals surface area (Å²) in [5.41, 5.74) is 0. The number of alkyl halides is 1. The Morgan fingerprint density at radius 1 is 1.21 bits per heavy atom. The second-order valence-electron chi connectivity index (χ2n) is 3.35. The van der Waals surface area contributed by atoms with Crippen molar-refractivity contribution in [2.24, 2.45) is 0 Å². The van der Waals surface area contributed by atoms with Crippen molar-refractivity contribution in [1.82, 2.24) is 0 Å². The Kier molecular flexibility index (Phi) is 2.55. The van der Waals surface area contributed by atoms with Crippen LogP contribution in [0.1, 0.15) is 19.8 Å². The van der Waals surface area contributed by atoms with Crippen molar-refractivity contribution in [2.75, 3.05) is 5.88 Å². The normalized spacial score (nSPS) is 17.0. The van der Waals surface area contributed by atoms with Gasteiger partial charge in [-0.2, -0.15) is 0 Å². The molecule has 0 bridgehead atoms. The zero-order chi connectivity index (χ0) is 10.0. The van der Waals surface area contributed by atoms with Gasteiger partial charge in [-0.15, -0.1) is 11.6 Å². The third-order valence-electron chi connectivity index (χ3n) is 2.46. The quantitative estimate of drug-likeness (QED) is 0.717. The van der Waals surface area contributed by atoms with E-state index in [9.17, 15) is 0 Å². The largest absolute Gasteiger partial charge is 0.448 e. The third kappa shape index (κ3) is 1.55. The number of benzene rings is 1. The molecule has 0 unspecified atom stereocenters. The average molecular weight is 213 g/mol. The summed E-state index contributed by atoms with van der Waals surface area (Å²) in [4.78, 5) is 0. The van der Waals surface area contributed by atoms with E-state index in [4.69, 9.17) is 21.1 Å². The van der Waals surface area contributed by atoms with Crippen LogP contribution in [0.2, 0.25) is 0 Å². The lowest BCUT2D eigenvalue weighted by Gasteiger charge is -2.25. The fourth-order valence-electron chi connectivity index (χ4n) is 1.61. The molecule has 1 aromatic carbocycles. The Bertz CT molecular complexity index is 300. The summed E-state index contributed by atoms with van der Waals surface area (Å²) in [6, 6.07) is 7.71. The van der Waals surface area contributed by atoms with Gasteiger partial charge in [0, 0.05) is 18.7 Å². The van der Waals surface area contributed by atoms with E-state index in [-0.39, 0.29) is 0 Å². The summed E-state index contributed by atoms with van der Waals surface area (Å²) < 4.78 is 11.6. The molecule has 2 nitrogen and oxygen atoms in total. The van der Waals surface area contributed by atoms with E-state index >= 15 is 0 Å². The molecule has 0 radical (unpaired) electrons. The number of halogens is 1. The minimum Gasteiger partial charge on any atom is -0.448 e. The molecule has 1 heterocycles. The first kappa shape index (κ1) is 9.66. The molecule has 0 spiro atoms. The molecule has 1 aliphatic rings. The number of rotatable bonds is 3. The minimum absolute atomic E-state index is 0.536. The molecular formula is C11H13ClO2. The van der Waals surface area contributed by atoms with Crippen molar-refractivity contribution >= 4 is 11.6 Å². The maximum atomic E-state index is 5.78. The number of para-hydroxylation sites is 2. The molecular weight excluding hydrogens is 200 g/mol. The topological polar surface area (TPSA) is 18.5 Å². The molecule has 0 aliphatic carbocycles. The predicted molar refractivity (Wildman–Crippen MR) is 56.1 cm³/mol. The molecule has 0 amide bonds. The average Bonchev–Trinajstić information content (AvgIpc) is 2.57. The summed E-state index contributed by atoms with van der Waals surface area (Å²) in [5, 5.41) is 0. The van der Waals surface area contributed by atoms with Gasteiger partial charge in [-0.1, -0.05) is 19.1 Å². The molecule has 3 heteroatoms. The first-order valence-corrected chi connectivity index (χ1v) is 5.36. The maximum Gasteiger partial charge on any atom is 0.252 e. The van der Waals surface area contributed by atoms with Crippen LogP contribution in [0, 0.1) is 0 Å². The first-order chi connectivity index (χ1) is 6.79. The first-order valence-electron chi connectivity index (χ1n) is 4.83. The molecule has 1 aliphatic heterocycles. The van der Waals surface area contributed by atoms with Gasteiger partial charge in [0.1, 0.15) is 0 Å².